The summed E-state index contributed by atoms with van der Waals surface area (Å²) in [7, 11) is 0. The normalized spacial score (nSPS) is 26.4. The number of carbonyl (C=O) groups is 1. The molecule has 0 radical (unpaired) electrons. The number of carboxylic acids is 1. The SMILES string of the molecule is Nc1nc2c(nc(SCC(=O)O)n2[C@@H]2O[C@@H](CO)[C@@H](O)[C@@H]2O)c(=O)[nH]1. The number of hydrogen-bond donors (Lipinski definition) is 6. The van der Waals surface area contributed by atoms with Crippen molar-refractivity contribution in [2.24, 2.45) is 0 Å². The fourth-order valence-electron chi connectivity index (χ4n) is 2.53. The number of imidazole rings is 1. The minimum atomic E-state index is -1.46. The summed E-state index contributed by atoms with van der Waals surface area (Å²) in [5.41, 5.74) is 4.73. The third-order valence-corrected chi connectivity index (χ3v) is 4.57. The first-order valence-corrected chi connectivity index (χ1v) is 8.06. The Kier molecular flexibility index (Phi) is 4.66. The maximum absolute atomic E-state index is 12.0. The molecule has 1 fully saturated rings. The summed E-state index contributed by atoms with van der Waals surface area (Å²) in [5, 5.41) is 38.3. The number of aromatic amines is 1. The highest BCUT2D eigenvalue weighted by molar-refractivity contribution is 7.99. The van der Waals surface area contributed by atoms with Gasteiger partial charge in [-0.1, -0.05) is 11.8 Å². The molecule has 3 heterocycles. The van der Waals surface area contributed by atoms with Gasteiger partial charge in [-0.3, -0.25) is 19.1 Å². The Bertz CT molecular complexity index is 867. The molecule has 2 aromatic rings. The van der Waals surface area contributed by atoms with Crippen molar-refractivity contribution in [1.29, 1.82) is 0 Å². The molecule has 7 N–H and O–H groups in total. The fourth-order valence-corrected chi connectivity index (χ4v) is 3.27. The van der Waals surface area contributed by atoms with Crippen molar-refractivity contribution in [3.8, 4) is 0 Å². The maximum Gasteiger partial charge on any atom is 0.313 e. The van der Waals surface area contributed by atoms with E-state index in [-0.39, 0.29) is 28.0 Å². The number of nitrogens with zero attached hydrogens (tertiary/aromatic N) is 3. The lowest BCUT2D eigenvalue weighted by Crippen LogP contribution is -2.33. The van der Waals surface area contributed by atoms with Gasteiger partial charge in [-0.2, -0.15) is 4.98 Å². The number of nitrogens with two attached hydrogens (primary N) is 1. The largest absolute Gasteiger partial charge is 0.481 e. The number of aromatic nitrogens is 4. The van der Waals surface area contributed by atoms with Crippen LogP contribution in [0.2, 0.25) is 0 Å². The fraction of sp³-hybridized carbons (Fsp3) is 0.500. The predicted octanol–water partition coefficient (Wildman–Crippen LogP) is -2.51. The van der Waals surface area contributed by atoms with E-state index in [2.05, 4.69) is 15.0 Å². The van der Waals surface area contributed by atoms with Crippen LogP contribution in [0.1, 0.15) is 6.23 Å². The Morgan fingerprint density at radius 3 is 2.68 bits per heavy atom. The van der Waals surface area contributed by atoms with Gasteiger partial charge >= 0.3 is 5.97 Å². The second-order valence-electron chi connectivity index (χ2n) is 5.30. The Morgan fingerprint density at radius 2 is 2.08 bits per heavy atom. The van der Waals surface area contributed by atoms with Crippen LogP contribution in [0.15, 0.2) is 9.95 Å². The van der Waals surface area contributed by atoms with E-state index < -0.39 is 42.7 Å². The molecule has 0 spiro atoms. The van der Waals surface area contributed by atoms with Gasteiger partial charge in [-0.05, 0) is 0 Å². The van der Waals surface area contributed by atoms with Crippen molar-refractivity contribution in [1.82, 2.24) is 19.5 Å². The van der Waals surface area contributed by atoms with Crippen LogP contribution >= 0.6 is 11.8 Å². The summed E-state index contributed by atoms with van der Waals surface area (Å²) in [6, 6.07) is 0. The standard InChI is InChI=1S/C12H15N5O7S/c13-11-15-8-5(9(23)16-11)14-12(25-2-4(19)20)17(8)10-7(22)6(21)3(1-18)24-10/h3,6-7,10,18,21-22H,1-2H2,(H,19,20)(H3,13,15,16,23)/t3-,6+,7-,10+/m0/s1. The van der Waals surface area contributed by atoms with Crippen molar-refractivity contribution in [2.45, 2.75) is 29.7 Å². The molecule has 3 rings (SSSR count). The third kappa shape index (κ3) is 3.07. The van der Waals surface area contributed by atoms with Gasteiger partial charge < -0.3 is 30.9 Å². The van der Waals surface area contributed by atoms with E-state index in [0.717, 1.165) is 11.8 Å². The number of anilines is 1. The number of aliphatic hydroxyl groups is 3. The Labute approximate surface area is 143 Å². The van der Waals surface area contributed by atoms with Gasteiger partial charge in [0.25, 0.3) is 5.56 Å². The zero-order chi connectivity index (χ0) is 18.3. The molecule has 0 aliphatic carbocycles. The lowest BCUT2D eigenvalue weighted by molar-refractivity contribution is -0.133. The highest BCUT2D eigenvalue weighted by atomic mass is 32.2. The Balaban J connectivity index is 2.15. The first kappa shape index (κ1) is 17.6. The number of carboxylic acid groups (broad SMARTS) is 1. The lowest BCUT2D eigenvalue weighted by Gasteiger charge is -2.18. The zero-order valence-corrected chi connectivity index (χ0v) is 13.4. The summed E-state index contributed by atoms with van der Waals surface area (Å²) in [6.45, 7) is -0.547. The van der Waals surface area contributed by atoms with Gasteiger partial charge in [0, 0.05) is 0 Å². The van der Waals surface area contributed by atoms with Crippen LogP contribution in [0.5, 0.6) is 0 Å². The van der Waals surface area contributed by atoms with Crippen molar-refractivity contribution in [3.63, 3.8) is 0 Å². The van der Waals surface area contributed by atoms with E-state index in [4.69, 9.17) is 15.6 Å². The first-order valence-electron chi connectivity index (χ1n) is 7.08. The van der Waals surface area contributed by atoms with E-state index in [1.807, 2.05) is 0 Å². The second-order valence-corrected chi connectivity index (χ2v) is 6.24. The molecule has 12 nitrogen and oxygen atoms in total. The van der Waals surface area contributed by atoms with Crippen molar-refractivity contribution in [3.05, 3.63) is 10.4 Å². The van der Waals surface area contributed by atoms with E-state index in [0.29, 0.717) is 0 Å². The number of thioether (sulfide) groups is 1. The van der Waals surface area contributed by atoms with Crippen LogP contribution in [0.4, 0.5) is 5.95 Å². The molecule has 25 heavy (non-hydrogen) atoms. The smallest absolute Gasteiger partial charge is 0.313 e. The number of fused-ring (bicyclic) bond motifs is 1. The number of rotatable bonds is 5. The van der Waals surface area contributed by atoms with Crippen molar-refractivity contribution >= 4 is 34.8 Å². The van der Waals surface area contributed by atoms with Gasteiger partial charge in [0.05, 0.1) is 12.4 Å². The molecule has 136 valence electrons. The van der Waals surface area contributed by atoms with E-state index in [1.165, 1.54) is 4.57 Å². The molecule has 0 aromatic carbocycles. The average molecular weight is 373 g/mol. The van der Waals surface area contributed by atoms with Gasteiger partial charge in [0.1, 0.15) is 18.3 Å². The molecule has 0 amide bonds. The molecular weight excluding hydrogens is 358 g/mol. The first-order chi connectivity index (χ1) is 11.8. The molecule has 2 aromatic heterocycles. The number of ether oxygens (including phenoxy) is 1. The second kappa shape index (κ2) is 6.61. The Morgan fingerprint density at radius 1 is 1.36 bits per heavy atom. The van der Waals surface area contributed by atoms with Crippen LogP contribution in [0.25, 0.3) is 11.2 Å². The summed E-state index contributed by atoms with van der Waals surface area (Å²) >= 11 is 0.778. The van der Waals surface area contributed by atoms with Gasteiger partial charge in [-0.25, -0.2) is 4.98 Å². The molecule has 1 saturated heterocycles. The zero-order valence-electron chi connectivity index (χ0n) is 12.6. The summed E-state index contributed by atoms with van der Waals surface area (Å²) in [4.78, 5) is 33.1. The van der Waals surface area contributed by atoms with Gasteiger partial charge in [0.15, 0.2) is 22.5 Å². The van der Waals surface area contributed by atoms with Crippen LogP contribution in [0, 0.1) is 0 Å². The summed E-state index contributed by atoms with van der Waals surface area (Å²) in [6.07, 6.45) is -5.14. The number of nitrogen functional groups attached to an aromatic ring is 1. The number of hydrogen-bond acceptors (Lipinski definition) is 10. The summed E-state index contributed by atoms with van der Waals surface area (Å²) < 4.78 is 6.63. The van der Waals surface area contributed by atoms with Crippen LogP contribution in [-0.2, 0) is 9.53 Å². The van der Waals surface area contributed by atoms with E-state index in [9.17, 15) is 24.9 Å². The van der Waals surface area contributed by atoms with E-state index in [1.54, 1.807) is 0 Å². The minimum Gasteiger partial charge on any atom is -0.481 e. The highest BCUT2D eigenvalue weighted by Crippen LogP contribution is 2.35. The number of aliphatic hydroxyl groups excluding tert-OH is 3. The quantitative estimate of drug-likeness (QED) is 0.303. The highest BCUT2D eigenvalue weighted by Gasteiger charge is 2.45. The molecular formula is C12H15N5O7S. The van der Waals surface area contributed by atoms with Gasteiger partial charge in [-0.15, -0.1) is 0 Å². The van der Waals surface area contributed by atoms with E-state index >= 15 is 0 Å². The van der Waals surface area contributed by atoms with Crippen molar-refractivity contribution in [2.75, 3.05) is 18.1 Å². The summed E-state index contributed by atoms with van der Waals surface area (Å²) in [5.74, 6) is -1.70. The molecule has 4 atom stereocenters. The van der Waals surface area contributed by atoms with Crippen LogP contribution in [-0.4, -0.2) is 76.6 Å². The van der Waals surface area contributed by atoms with Gasteiger partial charge in [0.2, 0.25) is 5.95 Å². The molecule has 1 aliphatic rings. The predicted molar refractivity (Wildman–Crippen MR) is 83.9 cm³/mol. The molecule has 0 unspecified atom stereocenters. The van der Waals surface area contributed by atoms with Crippen LogP contribution in [0.3, 0.4) is 0 Å². The topological polar surface area (TPSA) is 197 Å². The minimum absolute atomic E-state index is 0.0378. The molecule has 13 heteroatoms. The molecule has 1 aliphatic heterocycles. The number of H-pyrrole nitrogens is 1. The average Bonchev–Trinajstić information content (AvgIpc) is 3.04. The van der Waals surface area contributed by atoms with Crippen molar-refractivity contribution < 1.29 is 30.0 Å². The molecule has 0 saturated carbocycles. The maximum atomic E-state index is 12.0. The third-order valence-electron chi connectivity index (χ3n) is 3.63. The monoisotopic (exact) mass is 373 g/mol. The number of nitrogens with one attached hydrogen (secondary N) is 1. The number of aliphatic carboxylic acids is 1. The van der Waals surface area contributed by atoms with Crippen LogP contribution < -0.4 is 11.3 Å². The molecule has 0 bridgehead atoms. The Hall–Kier alpha value is -2.19. The lowest BCUT2D eigenvalue weighted by atomic mass is 10.1.